The number of hydrogen-bond acceptors (Lipinski definition) is 8. The van der Waals surface area contributed by atoms with Crippen LogP contribution in [-0.4, -0.2) is 33.2 Å². The maximum Gasteiger partial charge on any atom is 0.342 e. The van der Waals surface area contributed by atoms with Crippen molar-refractivity contribution in [2.75, 3.05) is 26.6 Å². The standard InChI is InChI=1S/C22H21NO8/c1-12(24)23-14-5-6-15-13(7-21(25)31-18(15)8-14)11-30-22(26)16-9-19(28-3)20(29-4)10-17(16)27-2/h5-10H,11H2,1-4H3,(H,23,24). The summed E-state index contributed by atoms with van der Waals surface area (Å²) in [5, 5.41) is 3.19. The number of anilines is 1. The Morgan fingerprint density at radius 1 is 0.935 bits per heavy atom. The Hall–Kier alpha value is -4.01. The van der Waals surface area contributed by atoms with Crippen molar-refractivity contribution in [1.82, 2.24) is 0 Å². The van der Waals surface area contributed by atoms with Gasteiger partial charge in [0.05, 0.1) is 21.3 Å². The van der Waals surface area contributed by atoms with Crippen LogP contribution in [0, 0.1) is 0 Å². The van der Waals surface area contributed by atoms with Crippen LogP contribution in [0.3, 0.4) is 0 Å². The van der Waals surface area contributed by atoms with E-state index in [4.69, 9.17) is 23.4 Å². The molecule has 0 spiro atoms. The highest BCUT2D eigenvalue weighted by molar-refractivity contribution is 5.94. The lowest BCUT2D eigenvalue weighted by atomic mass is 10.1. The van der Waals surface area contributed by atoms with Gasteiger partial charge in [-0.25, -0.2) is 9.59 Å². The summed E-state index contributed by atoms with van der Waals surface area (Å²) in [6.07, 6.45) is 0. The van der Waals surface area contributed by atoms with Crippen molar-refractivity contribution in [2.24, 2.45) is 0 Å². The fraction of sp³-hybridized carbons (Fsp3) is 0.227. The molecule has 0 saturated carbocycles. The fourth-order valence-corrected chi connectivity index (χ4v) is 3.04. The fourth-order valence-electron chi connectivity index (χ4n) is 3.04. The zero-order valence-electron chi connectivity index (χ0n) is 17.4. The van der Waals surface area contributed by atoms with Gasteiger partial charge in [-0.15, -0.1) is 0 Å². The number of esters is 1. The third-order valence-electron chi connectivity index (χ3n) is 4.43. The lowest BCUT2D eigenvalue weighted by Gasteiger charge is -2.14. The molecule has 0 aliphatic rings. The molecule has 1 N–H and O–H groups in total. The van der Waals surface area contributed by atoms with Crippen LogP contribution in [0.1, 0.15) is 22.8 Å². The molecule has 9 heteroatoms. The lowest BCUT2D eigenvalue weighted by Crippen LogP contribution is -2.10. The van der Waals surface area contributed by atoms with Gasteiger partial charge in [0.25, 0.3) is 0 Å². The van der Waals surface area contributed by atoms with E-state index in [1.165, 1.54) is 52.5 Å². The Kier molecular flexibility index (Phi) is 6.44. The molecule has 0 atom stereocenters. The van der Waals surface area contributed by atoms with Crippen molar-refractivity contribution in [3.05, 3.63) is 57.9 Å². The van der Waals surface area contributed by atoms with E-state index in [-0.39, 0.29) is 29.4 Å². The average molecular weight is 427 g/mol. The molecule has 1 aromatic heterocycles. The molecule has 0 aliphatic carbocycles. The zero-order valence-corrected chi connectivity index (χ0v) is 17.4. The van der Waals surface area contributed by atoms with Crippen LogP contribution in [0.2, 0.25) is 0 Å². The zero-order chi connectivity index (χ0) is 22.5. The molecule has 3 aromatic rings. The number of methoxy groups -OCH3 is 3. The molecule has 0 radical (unpaired) electrons. The third kappa shape index (κ3) is 4.77. The molecule has 3 rings (SSSR count). The van der Waals surface area contributed by atoms with Gasteiger partial charge in [0.1, 0.15) is 23.5 Å². The second-order valence-electron chi connectivity index (χ2n) is 6.47. The van der Waals surface area contributed by atoms with Gasteiger partial charge >= 0.3 is 11.6 Å². The summed E-state index contributed by atoms with van der Waals surface area (Å²) in [4.78, 5) is 35.9. The van der Waals surface area contributed by atoms with Crippen molar-refractivity contribution in [1.29, 1.82) is 0 Å². The lowest BCUT2D eigenvalue weighted by molar-refractivity contribution is -0.114. The van der Waals surface area contributed by atoms with Gasteiger partial charge in [0.2, 0.25) is 5.91 Å². The maximum atomic E-state index is 12.7. The first-order chi connectivity index (χ1) is 14.9. The summed E-state index contributed by atoms with van der Waals surface area (Å²) in [5.41, 5.74) is 0.719. The molecule has 0 saturated heterocycles. The van der Waals surface area contributed by atoms with E-state index in [0.717, 1.165) is 0 Å². The minimum Gasteiger partial charge on any atom is -0.496 e. The highest BCUT2D eigenvalue weighted by Crippen LogP contribution is 2.35. The highest BCUT2D eigenvalue weighted by Gasteiger charge is 2.20. The molecular formula is C22H21NO8. The van der Waals surface area contributed by atoms with Crippen LogP contribution in [0.4, 0.5) is 5.69 Å². The Bertz CT molecular complexity index is 1200. The molecule has 0 bridgehead atoms. The highest BCUT2D eigenvalue weighted by atomic mass is 16.5. The number of rotatable bonds is 7. The average Bonchev–Trinajstić information content (AvgIpc) is 2.75. The van der Waals surface area contributed by atoms with E-state index in [9.17, 15) is 14.4 Å². The van der Waals surface area contributed by atoms with Gasteiger partial charge in [-0.1, -0.05) is 0 Å². The molecule has 31 heavy (non-hydrogen) atoms. The summed E-state index contributed by atoms with van der Waals surface area (Å²) in [6, 6.07) is 9.08. The van der Waals surface area contributed by atoms with Crippen LogP contribution >= 0.6 is 0 Å². The Balaban J connectivity index is 1.89. The van der Waals surface area contributed by atoms with E-state index in [1.54, 1.807) is 12.1 Å². The van der Waals surface area contributed by atoms with Crippen molar-refractivity contribution >= 4 is 28.5 Å². The van der Waals surface area contributed by atoms with Crippen LogP contribution in [-0.2, 0) is 16.1 Å². The molecular weight excluding hydrogens is 406 g/mol. The summed E-state index contributed by atoms with van der Waals surface area (Å²) in [5.74, 6) is 0.0637. The van der Waals surface area contributed by atoms with Gasteiger partial charge in [-0.3, -0.25) is 4.79 Å². The van der Waals surface area contributed by atoms with Crippen LogP contribution in [0.25, 0.3) is 11.0 Å². The minimum absolute atomic E-state index is 0.139. The molecule has 2 aromatic carbocycles. The van der Waals surface area contributed by atoms with E-state index >= 15 is 0 Å². The number of amides is 1. The van der Waals surface area contributed by atoms with Crippen molar-refractivity contribution in [2.45, 2.75) is 13.5 Å². The Morgan fingerprint density at radius 2 is 1.61 bits per heavy atom. The normalized spacial score (nSPS) is 10.5. The predicted molar refractivity (Wildman–Crippen MR) is 112 cm³/mol. The van der Waals surface area contributed by atoms with E-state index in [2.05, 4.69) is 5.32 Å². The molecule has 0 fully saturated rings. The van der Waals surface area contributed by atoms with E-state index in [1.807, 2.05) is 0 Å². The number of fused-ring (bicyclic) bond motifs is 1. The van der Waals surface area contributed by atoms with Crippen LogP contribution < -0.4 is 25.2 Å². The summed E-state index contributed by atoms with van der Waals surface area (Å²) >= 11 is 0. The van der Waals surface area contributed by atoms with Crippen LogP contribution in [0.5, 0.6) is 17.2 Å². The number of nitrogens with one attached hydrogen (secondary N) is 1. The largest absolute Gasteiger partial charge is 0.496 e. The van der Waals surface area contributed by atoms with Gasteiger partial charge in [-0.2, -0.15) is 0 Å². The number of carbonyl (C=O) groups excluding carboxylic acids is 2. The number of hydrogen-bond donors (Lipinski definition) is 1. The molecule has 0 aliphatic heterocycles. The Morgan fingerprint density at radius 3 is 2.26 bits per heavy atom. The predicted octanol–water partition coefficient (Wildman–Crippen LogP) is 3.13. The second-order valence-corrected chi connectivity index (χ2v) is 6.47. The third-order valence-corrected chi connectivity index (χ3v) is 4.43. The molecule has 0 unspecified atom stereocenters. The first-order valence-electron chi connectivity index (χ1n) is 9.17. The molecule has 1 amide bonds. The van der Waals surface area contributed by atoms with Gasteiger partial charge in [0, 0.05) is 47.8 Å². The molecule has 162 valence electrons. The van der Waals surface area contributed by atoms with Crippen molar-refractivity contribution in [3.8, 4) is 17.2 Å². The minimum atomic E-state index is -0.672. The monoisotopic (exact) mass is 427 g/mol. The Labute approximate surface area is 177 Å². The SMILES string of the molecule is COc1cc(OC)c(C(=O)OCc2cc(=O)oc3cc(NC(C)=O)ccc23)cc1OC. The van der Waals surface area contributed by atoms with Gasteiger partial charge < -0.3 is 28.7 Å². The smallest absolute Gasteiger partial charge is 0.342 e. The van der Waals surface area contributed by atoms with Crippen molar-refractivity contribution in [3.63, 3.8) is 0 Å². The van der Waals surface area contributed by atoms with E-state index in [0.29, 0.717) is 28.1 Å². The van der Waals surface area contributed by atoms with Crippen molar-refractivity contribution < 1.29 is 33.0 Å². The van der Waals surface area contributed by atoms with Gasteiger partial charge in [-0.05, 0) is 12.1 Å². The summed E-state index contributed by atoms with van der Waals surface area (Å²) < 4.78 is 26.3. The van der Waals surface area contributed by atoms with Crippen LogP contribution in [0.15, 0.2) is 45.6 Å². The molecule has 9 nitrogen and oxygen atoms in total. The van der Waals surface area contributed by atoms with E-state index < -0.39 is 11.6 Å². The second kappa shape index (κ2) is 9.21. The number of carbonyl (C=O) groups is 2. The topological polar surface area (TPSA) is 113 Å². The number of benzene rings is 2. The first kappa shape index (κ1) is 21.7. The first-order valence-corrected chi connectivity index (χ1v) is 9.17. The molecule has 1 heterocycles. The number of ether oxygens (including phenoxy) is 4. The maximum absolute atomic E-state index is 12.7. The quantitative estimate of drug-likeness (QED) is 0.452. The summed E-state index contributed by atoms with van der Waals surface area (Å²) in [6.45, 7) is 1.19. The summed E-state index contributed by atoms with van der Waals surface area (Å²) in [7, 11) is 4.34. The van der Waals surface area contributed by atoms with Gasteiger partial charge in [0.15, 0.2) is 11.5 Å².